The van der Waals surface area contributed by atoms with Crippen LogP contribution >= 0.6 is 0 Å². The zero-order valence-electron chi connectivity index (χ0n) is 18.7. The summed E-state index contributed by atoms with van der Waals surface area (Å²) >= 11 is 0. The van der Waals surface area contributed by atoms with Crippen molar-refractivity contribution in [2.24, 2.45) is 0 Å². The highest BCUT2D eigenvalue weighted by Gasteiger charge is 2.23. The number of aryl methyl sites for hydroxylation is 2. The lowest BCUT2D eigenvalue weighted by molar-refractivity contribution is -0.135. The van der Waals surface area contributed by atoms with Crippen molar-refractivity contribution in [3.63, 3.8) is 0 Å². The van der Waals surface area contributed by atoms with E-state index in [0.717, 1.165) is 66.5 Å². The Kier molecular flexibility index (Phi) is 5.34. The monoisotopic (exact) mass is 448 g/mol. The number of hydrogen-bond acceptors (Lipinski definition) is 6. The minimum atomic E-state index is 0.0343. The molecule has 7 nitrogen and oxygen atoms in total. The Morgan fingerprint density at radius 3 is 2.70 bits per heavy atom. The number of fused-ring (bicyclic) bond motifs is 4. The quantitative estimate of drug-likeness (QED) is 0.592. The van der Waals surface area contributed by atoms with Gasteiger partial charge in [-0.1, -0.05) is 6.07 Å². The van der Waals surface area contributed by atoms with Gasteiger partial charge in [0.15, 0.2) is 18.1 Å². The minimum absolute atomic E-state index is 0.0343. The van der Waals surface area contributed by atoms with E-state index in [1.165, 1.54) is 24.0 Å². The molecule has 0 radical (unpaired) electrons. The molecule has 0 spiro atoms. The van der Waals surface area contributed by atoms with Crippen LogP contribution in [0.5, 0.6) is 17.2 Å². The molecule has 2 aromatic carbocycles. The predicted octanol–water partition coefficient (Wildman–Crippen LogP) is 3.76. The number of rotatable bonds is 5. The van der Waals surface area contributed by atoms with Gasteiger partial charge in [-0.25, -0.2) is 0 Å². The Labute approximate surface area is 192 Å². The van der Waals surface area contributed by atoms with E-state index in [2.05, 4.69) is 11.0 Å². The van der Waals surface area contributed by atoms with E-state index >= 15 is 0 Å². The number of ether oxygens (including phenoxy) is 3. The number of nitrogens with zero attached hydrogens (tertiary/aromatic N) is 2. The maximum absolute atomic E-state index is 12.7. The molecule has 1 aromatic heterocycles. The van der Waals surface area contributed by atoms with E-state index in [0.29, 0.717) is 19.9 Å². The summed E-state index contributed by atoms with van der Waals surface area (Å²) in [4.78, 5) is 17.0. The van der Waals surface area contributed by atoms with Crippen LogP contribution in [0.15, 0.2) is 40.8 Å². The van der Waals surface area contributed by atoms with Crippen molar-refractivity contribution in [1.82, 2.24) is 9.80 Å². The van der Waals surface area contributed by atoms with E-state index in [4.69, 9.17) is 18.6 Å². The maximum Gasteiger partial charge on any atom is 0.260 e. The van der Waals surface area contributed by atoms with Gasteiger partial charge in [0.1, 0.15) is 17.1 Å². The molecule has 1 saturated heterocycles. The first-order valence-corrected chi connectivity index (χ1v) is 11.8. The summed E-state index contributed by atoms with van der Waals surface area (Å²) in [6.07, 6.45) is 4.46. The van der Waals surface area contributed by atoms with Crippen LogP contribution in [0.25, 0.3) is 11.0 Å². The average molecular weight is 449 g/mol. The van der Waals surface area contributed by atoms with Crippen molar-refractivity contribution in [1.29, 1.82) is 0 Å². The number of piperazine rings is 1. The summed E-state index contributed by atoms with van der Waals surface area (Å²) in [6.45, 7) is 4.29. The van der Waals surface area contributed by atoms with Gasteiger partial charge in [0.25, 0.3) is 5.91 Å². The molecular formula is C26H28N2O5. The second-order valence-corrected chi connectivity index (χ2v) is 9.00. The number of amides is 1. The highest BCUT2D eigenvalue weighted by atomic mass is 16.7. The maximum atomic E-state index is 12.7. The van der Waals surface area contributed by atoms with Crippen molar-refractivity contribution in [3.8, 4) is 17.2 Å². The summed E-state index contributed by atoms with van der Waals surface area (Å²) < 4.78 is 22.7. The lowest BCUT2D eigenvalue weighted by Crippen LogP contribution is -2.49. The van der Waals surface area contributed by atoms with Crippen LogP contribution in [-0.2, 0) is 24.2 Å². The third-order valence-corrected chi connectivity index (χ3v) is 6.86. The fourth-order valence-corrected chi connectivity index (χ4v) is 5.02. The molecule has 0 unspecified atom stereocenters. The van der Waals surface area contributed by atoms with Gasteiger partial charge in [0.05, 0.1) is 0 Å². The third kappa shape index (κ3) is 4.13. The first-order chi connectivity index (χ1) is 16.2. The SMILES string of the molecule is O=C(COc1ccc2oc3c(c2c1)CCCC3)N1CCN(Cc2ccc3c(c2)OCO3)CC1. The zero-order valence-corrected chi connectivity index (χ0v) is 18.7. The number of furan rings is 1. The van der Waals surface area contributed by atoms with E-state index in [1.54, 1.807) is 0 Å². The molecule has 6 rings (SSSR count). The summed E-state index contributed by atoms with van der Waals surface area (Å²) in [5.41, 5.74) is 3.42. The minimum Gasteiger partial charge on any atom is -0.484 e. The molecule has 3 heterocycles. The number of hydrogen-bond donors (Lipinski definition) is 0. The predicted molar refractivity (Wildman–Crippen MR) is 123 cm³/mol. The standard InChI is InChI=1S/C26H28N2O5/c29-26(16-30-19-6-8-23-21(14-19)20-3-1-2-4-22(20)33-23)28-11-9-27(10-12-28)15-18-5-7-24-25(13-18)32-17-31-24/h5-8,13-14H,1-4,9-12,15-17H2. The highest BCUT2D eigenvalue weighted by molar-refractivity contribution is 5.84. The van der Waals surface area contributed by atoms with Gasteiger partial charge in [-0.15, -0.1) is 0 Å². The van der Waals surface area contributed by atoms with E-state index in [1.807, 2.05) is 35.2 Å². The molecule has 0 saturated carbocycles. The van der Waals surface area contributed by atoms with Gasteiger partial charge < -0.3 is 23.5 Å². The van der Waals surface area contributed by atoms with Gasteiger partial charge in [0, 0.05) is 50.1 Å². The second-order valence-electron chi connectivity index (χ2n) is 9.00. The second kappa shape index (κ2) is 8.63. The zero-order chi connectivity index (χ0) is 22.2. The fourth-order valence-electron chi connectivity index (χ4n) is 5.02. The molecule has 172 valence electrons. The number of carbonyl (C=O) groups excluding carboxylic acids is 1. The van der Waals surface area contributed by atoms with Crippen LogP contribution < -0.4 is 14.2 Å². The lowest BCUT2D eigenvalue weighted by Gasteiger charge is -2.34. The van der Waals surface area contributed by atoms with Crippen molar-refractivity contribution in [2.45, 2.75) is 32.2 Å². The topological polar surface area (TPSA) is 64.4 Å². The molecule has 1 fully saturated rings. The van der Waals surface area contributed by atoms with Gasteiger partial charge >= 0.3 is 0 Å². The Balaban J connectivity index is 1.02. The summed E-state index contributed by atoms with van der Waals surface area (Å²) in [7, 11) is 0. The lowest BCUT2D eigenvalue weighted by atomic mass is 9.96. The normalized spacial score (nSPS) is 17.9. The van der Waals surface area contributed by atoms with Crippen LogP contribution in [0, 0.1) is 0 Å². The first-order valence-electron chi connectivity index (χ1n) is 11.8. The molecule has 0 N–H and O–H groups in total. The summed E-state index contributed by atoms with van der Waals surface area (Å²) in [5.74, 6) is 3.50. The summed E-state index contributed by atoms with van der Waals surface area (Å²) in [6, 6.07) is 12.0. The van der Waals surface area contributed by atoms with Crippen LogP contribution in [0.4, 0.5) is 0 Å². The van der Waals surface area contributed by atoms with Crippen molar-refractivity contribution in [3.05, 3.63) is 53.3 Å². The van der Waals surface area contributed by atoms with Gasteiger partial charge in [-0.3, -0.25) is 9.69 Å². The number of benzene rings is 2. The van der Waals surface area contributed by atoms with Gasteiger partial charge in [0.2, 0.25) is 6.79 Å². The molecule has 7 heteroatoms. The van der Waals surface area contributed by atoms with Crippen LogP contribution in [0.3, 0.4) is 0 Å². The van der Waals surface area contributed by atoms with E-state index < -0.39 is 0 Å². The highest BCUT2D eigenvalue weighted by Crippen LogP contribution is 2.34. The first kappa shape index (κ1) is 20.4. The molecule has 1 aliphatic carbocycles. The third-order valence-electron chi connectivity index (χ3n) is 6.86. The molecule has 0 bridgehead atoms. The molecule has 1 amide bonds. The molecule has 0 atom stereocenters. The summed E-state index contributed by atoms with van der Waals surface area (Å²) in [5, 5.41) is 1.13. The van der Waals surface area contributed by atoms with Crippen LogP contribution in [-0.4, -0.2) is 55.3 Å². The Bertz CT molecular complexity index is 1180. The molecular weight excluding hydrogens is 420 g/mol. The fraction of sp³-hybridized carbons (Fsp3) is 0.423. The average Bonchev–Trinajstić information content (AvgIpc) is 3.47. The van der Waals surface area contributed by atoms with Crippen molar-refractivity contribution < 1.29 is 23.4 Å². The Morgan fingerprint density at radius 2 is 1.79 bits per heavy atom. The largest absolute Gasteiger partial charge is 0.484 e. The van der Waals surface area contributed by atoms with Gasteiger partial charge in [-0.2, -0.15) is 0 Å². The van der Waals surface area contributed by atoms with Crippen molar-refractivity contribution >= 4 is 16.9 Å². The number of carbonyl (C=O) groups is 1. The van der Waals surface area contributed by atoms with Crippen LogP contribution in [0.2, 0.25) is 0 Å². The van der Waals surface area contributed by atoms with E-state index in [-0.39, 0.29) is 12.5 Å². The molecule has 33 heavy (non-hydrogen) atoms. The molecule has 2 aliphatic heterocycles. The Morgan fingerprint density at radius 1 is 0.939 bits per heavy atom. The smallest absolute Gasteiger partial charge is 0.260 e. The molecule has 3 aromatic rings. The van der Waals surface area contributed by atoms with E-state index in [9.17, 15) is 4.79 Å². The van der Waals surface area contributed by atoms with Crippen molar-refractivity contribution in [2.75, 3.05) is 39.6 Å². The van der Waals surface area contributed by atoms with Gasteiger partial charge in [-0.05, 0) is 55.2 Å². The Hall–Kier alpha value is -3.19. The molecule has 3 aliphatic rings. The van der Waals surface area contributed by atoms with Crippen LogP contribution in [0.1, 0.15) is 29.7 Å².